The maximum atomic E-state index is 6.33. The van der Waals surface area contributed by atoms with Crippen LogP contribution in [0.15, 0.2) is 0 Å². The van der Waals surface area contributed by atoms with E-state index in [9.17, 15) is 0 Å². The number of rotatable bonds is 3. The molecule has 2 bridgehead atoms. The van der Waals surface area contributed by atoms with E-state index < -0.39 is 0 Å². The number of morpholine rings is 1. The second kappa shape index (κ2) is 5.56. The molecule has 116 valence electrons. The summed E-state index contributed by atoms with van der Waals surface area (Å²) in [5, 5.41) is 0. The minimum absolute atomic E-state index is 0.219. The van der Waals surface area contributed by atoms with Crippen molar-refractivity contribution in [2.45, 2.75) is 75.7 Å². The van der Waals surface area contributed by atoms with Crippen molar-refractivity contribution in [3.8, 4) is 0 Å². The standard InChI is InChI=1S/C16H31N3O/c1-4-13-10-20-12(2)9-19(13)16(11-17)7-14-5-6-15(8-16)18(14)3/h12-15H,4-11,17H2,1-3H3. The Bertz CT molecular complexity index is 335. The average Bonchev–Trinajstić information content (AvgIpc) is 2.69. The van der Waals surface area contributed by atoms with E-state index in [0.29, 0.717) is 12.1 Å². The number of fused-ring (bicyclic) bond motifs is 2. The Morgan fingerprint density at radius 2 is 1.90 bits per heavy atom. The monoisotopic (exact) mass is 281 g/mol. The van der Waals surface area contributed by atoms with E-state index in [1.165, 1.54) is 32.1 Å². The molecule has 3 aliphatic heterocycles. The molecule has 3 heterocycles. The Labute approximate surface area is 123 Å². The summed E-state index contributed by atoms with van der Waals surface area (Å²) in [7, 11) is 2.31. The van der Waals surface area contributed by atoms with Crippen LogP contribution in [0.4, 0.5) is 0 Å². The lowest BCUT2D eigenvalue weighted by Crippen LogP contribution is -2.67. The number of ether oxygens (including phenoxy) is 1. The topological polar surface area (TPSA) is 41.7 Å². The van der Waals surface area contributed by atoms with Crippen molar-refractivity contribution >= 4 is 0 Å². The first-order valence-electron chi connectivity index (χ1n) is 8.40. The molecule has 4 unspecified atom stereocenters. The van der Waals surface area contributed by atoms with E-state index in [1.807, 2.05) is 0 Å². The zero-order valence-corrected chi connectivity index (χ0v) is 13.3. The van der Waals surface area contributed by atoms with E-state index in [0.717, 1.165) is 31.8 Å². The number of nitrogens with two attached hydrogens (primary N) is 1. The SMILES string of the molecule is CCC1COC(C)CN1C1(CN)CC2CCC(C1)N2C. The van der Waals surface area contributed by atoms with E-state index >= 15 is 0 Å². The van der Waals surface area contributed by atoms with Gasteiger partial charge in [0.05, 0.1) is 12.7 Å². The molecule has 3 rings (SSSR count). The van der Waals surface area contributed by atoms with Gasteiger partial charge in [-0.05, 0) is 46.1 Å². The highest BCUT2D eigenvalue weighted by atomic mass is 16.5. The normalized spacial score (nSPS) is 46.8. The Kier molecular flexibility index (Phi) is 4.10. The van der Waals surface area contributed by atoms with Gasteiger partial charge in [0.2, 0.25) is 0 Å². The molecule has 0 spiro atoms. The van der Waals surface area contributed by atoms with E-state index in [4.69, 9.17) is 10.5 Å². The predicted molar refractivity (Wildman–Crippen MR) is 81.8 cm³/mol. The summed E-state index contributed by atoms with van der Waals surface area (Å²) in [6.07, 6.45) is 6.73. The van der Waals surface area contributed by atoms with E-state index in [1.54, 1.807) is 0 Å². The molecule has 3 saturated heterocycles. The third kappa shape index (κ3) is 2.31. The number of hydrogen-bond donors (Lipinski definition) is 1. The Balaban J connectivity index is 1.84. The van der Waals surface area contributed by atoms with Crippen LogP contribution >= 0.6 is 0 Å². The van der Waals surface area contributed by atoms with Gasteiger partial charge in [-0.15, -0.1) is 0 Å². The van der Waals surface area contributed by atoms with Crippen molar-refractivity contribution in [2.75, 3.05) is 26.7 Å². The molecule has 2 N–H and O–H groups in total. The molecule has 0 aromatic rings. The smallest absolute Gasteiger partial charge is 0.0675 e. The maximum absolute atomic E-state index is 6.33. The number of piperidine rings is 1. The molecule has 3 aliphatic rings. The van der Waals surface area contributed by atoms with Crippen LogP contribution in [-0.2, 0) is 4.74 Å². The summed E-state index contributed by atoms with van der Waals surface area (Å²) in [6.45, 7) is 7.22. The first kappa shape index (κ1) is 14.8. The highest BCUT2D eigenvalue weighted by Crippen LogP contribution is 2.44. The lowest BCUT2D eigenvalue weighted by Gasteiger charge is -2.55. The van der Waals surface area contributed by atoms with Gasteiger partial charge >= 0.3 is 0 Å². The van der Waals surface area contributed by atoms with Crippen LogP contribution in [0.1, 0.15) is 46.0 Å². The molecule has 4 atom stereocenters. The van der Waals surface area contributed by atoms with Crippen LogP contribution < -0.4 is 5.73 Å². The number of nitrogens with zero attached hydrogens (tertiary/aromatic N) is 2. The van der Waals surface area contributed by atoms with Gasteiger partial charge in [-0.25, -0.2) is 0 Å². The zero-order chi connectivity index (χ0) is 14.3. The van der Waals surface area contributed by atoms with Gasteiger partial charge in [-0.3, -0.25) is 4.90 Å². The molecule has 0 aliphatic carbocycles. The van der Waals surface area contributed by atoms with Crippen LogP contribution in [0.2, 0.25) is 0 Å². The third-order valence-electron chi connectivity index (χ3n) is 6.14. The summed E-state index contributed by atoms with van der Waals surface area (Å²) >= 11 is 0. The summed E-state index contributed by atoms with van der Waals surface area (Å²) in [5.74, 6) is 0. The van der Waals surface area contributed by atoms with Gasteiger partial charge < -0.3 is 15.4 Å². The number of hydrogen-bond acceptors (Lipinski definition) is 4. The first-order valence-corrected chi connectivity index (χ1v) is 8.40. The van der Waals surface area contributed by atoms with Gasteiger partial charge in [-0.2, -0.15) is 0 Å². The molecule has 0 amide bonds. The van der Waals surface area contributed by atoms with Crippen LogP contribution in [0.25, 0.3) is 0 Å². The van der Waals surface area contributed by atoms with Crippen molar-refractivity contribution in [2.24, 2.45) is 5.73 Å². The summed E-state index contributed by atoms with van der Waals surface area (Å²) in [4.78, 5) is 5.35. The van der Waals surface area contributed by atoms with Crippen LogP contribution in [-0.4, -0.2) is 66.3 Å². The molecule has 20 heavy (non-hydrogen) atoms. The highest BCUT2D eigenvalue weighted by Gasteiger charge is 2.51. The van der Waals surface area contributed by atoms with E-state index in [-0.39, 0.29) is 5.54 Å². The molecule has 4 heteroatoms. The van der Waals surface area contributed by atoms with Gasteiger partial charge in [0.15, 0.2) is 0 Å². The molecule has 0 aromatic heterocycles. The average molecular weight is 281 g/mol. The van der Waals surface area contributed by atoms with Crippen LogP contribution in [0, 0.1) is 0 Å². The summed E-state index contributed by atoms with van der Waals surface area (Å²) < 4.78 is 5.89. The Morgan fingerprint density at radius 3 is 2.45 bits per heavy atom. The highest BCUT2D eigenvalue weighted by molar-refractivity contribution is 5.08. The molecular weight excluding hydrogens is 250 g/mol. The van der Waals surface area contributed by atoms with Crippen LogP contribution in [0.5, 0.6) is 0 Å². The molecule has 3 fully saturated rings. The van der Waals surface area contributed by atoms with Crippen molar-refractivity contribution in [1.29, 1.82) is 0 Å². The van der Waals surface area contributed by atoms with Gasteiger partial charge in [0.1, 0.15) is 0 Å². The summed E-state index contributed by atoms with van der Waals surface area (Å²) in [6, 6.07) is 2.04. The lowest BCUT2D eigenvalue weighted by molar-refractivity contribution is -0.119. The van der Waals surface area contributed by atoms with Crippen molar-refractivity contribution in [3.63, 3.8) is 0 Å². The van der Waals surface area contributed by atoms with Crippen LogP contribution in [0.3, 0.4) is 0 Å². The molecule has 0 radical (unpaired) electrons. The Morgan fingerprint density at radius 1 is 1.25 bits per heavy atom. The fourth-order valence-electron chi connectivity index (χ4n) is 4.82. The van der Waals surface area contributed by atoms with Crippen molar-refractivity contribution in [3.05, 3.63) is 0 Å². The fraction of sp³-hybridized carbons (Fsp3) is 1.00. The molecule has 0 aromatic carbocycles. The van der Waals surface area contributed by atoms with Gasteiger partial charge in [-0.1, -0.05) is 6.92 Å². The molecule has 4 nitrogen and oxygen atoms in total. The maximum Gasteiger partial charge on any atom is 0.0675 e. The zero-order valence-electron chi connectivity index (χ0n) is 13.3. The first-order chi connectivity index (χ1) is 9.59. The quantitative estimate of drug-likeness (QED) is 0.850. The second-order valence-electron chi connectivity index (χ2n) is 7.25. The van der Waals surface area contributed by atoms with Crippen molar-refractivity contribution in [1.82, 2.24) is 9.80 Å². The van der Waals surface area contributed by atoms with Crippen molar-refractivity contribution < 1.29 is 4.74 Å². The Hall–Kier alpha value is -0.160. The van der Waals surface area contributed by atoms with Gasteiger partial charge in [0.25, 0.3) is 0 Å². The summed E-state index contributed by atoms with van der Waals surface area (Å²) in [5.41, 5.74) is 6.55. The lowest BCUT2D eigenvalue weighted by atomic mass is 9.79. The van der Waals surface area contributed by atoms with Gasteiger partial charge in [0, 0.05) is 36.8 Å². The predicted octanol–water partition coefficient (Wildman–Crippen LogP) is 1.44. The molecular formula is C16H31N3O. The largest absolute Gasteiger partial charge is 0.376 e. The minimum atomic E-state index is 0.219. The fourth-order valence-corrected chi connectivity index (χ4v) is 4.82. The minimum Gasteiger partial charge on any atom is -0.376 e. The second-order valence-corrected chi connectivity index (χ2v) is 7.25. The van der Waals surface area contributed by atoms with E-state index in [2.05, 4.69) is 30.7 Å². The third-order valence-corrected chi connectivity index (χ3v) is 6.14. The molecule has 0 saturated carbocycles.